The summed E-state index contributed by atoms with van der Waals surface area (Å²) in [6.45, 7) is 0. The smallest absolute Gasteiger partial charge is 0.326 e. The largest absolute Gasteiger partial charge is 0.480 e. The van der Waals surface area contributed by atoms with E-state index in [1.165, 1.54) is 11.8 Å². The second-order valence-corrected chi connectivity index (χ2v) is 6.29. The van der Waals surface area contributed by atoms with Gasteiger partial charge in [0.1, 0.15) is 6.04 Å². The minimum atomic E-state index is -1.04. The van der Waals surface area contributed by atoms with Crippen LogP contribution in [0.3, 0.4) is 0 Å². The summed E-state index contributed by atoms with van der Waals surface area (Å²) in [5.41, 5.74) is 1.79. The minimum absolute atomic E-state index is 0.234. The van der Waals surface area contributed by atoms with E-state index in [0.717, 1.165) is 20.9 Å². The number of benzene rings is 1. The standard InChI is InChI=1S/C14H15BrN2O3S/c1-21-7-12(18)17-11(14(19)20)5-8-6-16-10-4-2-3-9(15)13(8)10/h2-4,6,11,16H,5,7H2,1H3,(H,17,18)(H,19,20). The van der Waals surface area contributed by atoms with Gasteiger partial charge < -0.3 is 15.4 Å². The number of aromatic amines is 1. The molecule has 1 aromatic heterocycles. The van der Waals surface area contributed by atoms with Crippen LogP contribution < -0.4 is 5.32 Å². The van der Waals surface area contributed by atoms with E-state index in [-0.39, 0.29) is 18.1 Å². The van der Waals surface area contributed by atoms with Crippen molar-refractivity contribution in [2.24, 2.45) is 0 Å². The Bertz CT molecular complexity index is 671. The van der Waals surface area contributed by atoms with Gasteiger partial charge in [-0.05, 0) is 24.0 Å². The van der Waals surface area contributed by atoms with E-state index in [1.54, 1.807) is 12.5 Å². The first kappa shape index (κ1) is 15.9. The number of carbonyl (C=O) groups is 2. The minimum Gasteiger partial charge on any atom is -0.480 e. The maximum absolute atomic E-state index is 11.6. The van der Waals surface area contributed by atoms with Crippen molar-refractivity contribution in [1.82, 2.24) is 10.3 Å². The van der Waals surface area contributed by atoms with Crippen LogP contribution in [-0.2, 0) is 16.0 Å². The molecule has 0 fully saturated rings. The number of aromatic nitrogens is 1. The summed E-state index contributed by atoms with van der Waals surface area (Å²) in [5.74, 6) is -1.05. The Labute approximate surface area is 134 Å². The molecular formula is C14H15BrN2O3S. The third-order valence-corrected chi connectivity index (χ3v) is 4.28. The van der Waals surface area contributed by atoms with Gasteiger partial charge in [0.25, 0.3) is 0 Å². The Kier molecular flexibility index (Phi) is 5.30. The summed E-state index contributed by atoms with van der Waals surface area (Å²) in [5, 5.41) is 12.8. The molecule has 0 saturated carbocycles. The van der Waals surface area contributed by atoms with Crippen molar-refractivity contribution in [1.29, 1.82) is 0 Å². The number of carbonyl (C=O) groups excluding carboxylic acids is 1. The third kappa shape index (κ3) is 3.79. The van der Waals surface area contributed by atoms with Gasteiger partial charge in [-0.2, -0.15) is 11.8 Å². The van der Waals surface area contributed by atoms with Crippen molar-refractivity contribution in [3.63, 3.8) is 0 Å². The number of thioether (sulfide) groups is 1. The fourth-order valence-corrected chi connectivity index (χ4v) is 3.12. The molecule has 1 amide bonds. The Morgan fingerprint density at radius 1 is 1.48 bits per heavy atom. The predicted octanol–water partition coefficient (Wildman–Crippen LogP) is 2.41. The molecule has 0 spiro atoms. The maximum Gasteiger partial charge on any atom is 0.326 e. The average molecular weight is 371 g/mol. The van der Waals surface area contributed by atoms with E-state index in [9.17, 15) is 14.7 Å². The maximum atomic E-state index is 11.6. The van der Waals surface area contributed by atoms with E-state index in [2.05, 4.69) is 26.2 Å². The summed E-state index contributed by atoms with van der Waals surface area (Å²) in [7, 11) is 0. The zero-order chi connectivity index (χ0) is 15.4. The van der Waals surface area contributed by atoms with Gasteiger partial charge >= 0.3 is 5.97 Å². The van der Waals surface area contributed by atoms with Gasteiger partial charge in [0, 0.05) is 28.0 Å². The van der Waals surface area contributed by atoms with Crippen LogP contribution in [0.25, 0.3) is 10.9 Å². The topological polar surface area (TPSA) is 82.2 Å². The highest BCUT2D eigenvalue weighted by Crippen LogP contribution is 2.27. The lowest BCUT2D eigenvalue weighted by molar-refractivity contribution is -0.141. The second kappa shape index (κ2) is 7.00. The molecular weight excluding hydrogens is 356 g/mol. The predicted molar refractivity (Wildman–Crippen MR) is 87.7 cm³/mol. The Hall–Kier alpha value is -1.47. The van der Waals surface area contributed by atoms with Crippen molar-refractivity contribution in [2.75, 3.05) is 12.0 Å². The Morgan fingerprint density at radius 2 is 2.24 bits per heavy atom. The first-order valence-electron chi connectivity index (χ1n) is 6.28. The summed E-state index contributed by atoms with van der Waals surface area (Å²) in [6, 6.07) is 4.80. The molecule has 112 valence electrons. The van der Waals surface area contributed by atoms with E-state index in [0.29, 0.717) is 0 Å². The van der Waals surface area contributed by atoms with Crippen LogP contribution in [0.4, 0.5) is 0 Å². The quantitative estimate of drug-likeness (QED) is 0.728. The monoisotopic (exact) mass is 370 g/mol. The van der Waals surface area contributed by atoms with Crippen LogP contribution in [0.1, 0.15) is 5.56 Å². The number of rotatable bonds is 6. The van der Waals surface area contributed by atoms with E-state index in [1.807, 2.05) is 18.2 Å². The molecule has 21 heavy (non-hydrogen) atoms. The van der Waals surface area contributed by atoms with E-state index >= 15 is 0 Å². The average Bonchev–Trinajstić information content (AvgIpc) is 2.83. The molecule has 0 saturated heterocycles. The van der Waals surface area contributed by atoms with E-state index < -0.39 is 12.0 Å². The Balaban J connectivity index is 2.23. The van der Waals surface area contributed by atoms with Crippen LogP contribution in [-0.4, -0.2) is 40.0 Å². The third-order valence-electron chi connectivity index (χ3n) is 3.07. The first-order valence-corrected chi connectivity index (χ1v) is 8.47. The highest BCUT2D eigenvalue weighted by Gasteiger charge is 2.22. The molecule has 0 aliphatic carbocycles. The van der Waals surface area contributed by atoms with Crippen LogP contribution in [0, 0.1) is 0 Å². The van der Waals surface area contributed by atoms with Crippen molar-refractivity contribution in [2.45, 2.75) is 12.5 Å². The number of hydrogen-bond acceptors (Lipinski definition) is 3. The summed E-state index contributed by atoms with van der Waals surface area (Å²) in [4.78, 5) is 26.1. The van der Waals surface area contributed by atoms with Crippen LogP contribution in [0.2, 0.25) is 0 Å². The highest BCUT2D eigenvalue weighted by molar-refractivity contribution is 9.10. The van der Waals surface area contributed by atoms with Gasteiger partial charge in [0.15, 0.2) is 0 Å². The normalized spacial score (nSPS) is 12.3. The van der Waals surface area contributed by atoms with Crippen molar-refractivity contribution in [3.05, 3.63) is 34.4 Å². The molecule has 0 aliphatic heterocycles. The highest BCUT2D eigenvalue weighted by atomic mass is 79.9. The number of amides is 1. The van der Waals surface area contributed by atoms with Gasteiger partial charge in [-0.25, -0.2) is 4.79 Å². The zero-order valence-electron chi connectivity index (χ0n) is 11.4. The van der Waals surface area contributed by atoms with Gasteiger partial charge in [0.05, 0.1) is 5.75 Å². The summed E-state index contributed by atoms with van der Waals surface area (Å²) < 4.78 is 0.899. The first-order chi connectivity index (χ1) is 10.0. The number of nitrogens with one attached hydrogen (secondary N) is 2. The van der Waals surface area contributed by atoms with Crippen molar-refractivity contribution < 1.29 is 14.7 Å². The molecule has 0 aliphatic rings. The van der Waals surface area contributed by atoms with Crippen LogP contribution in [0.5, 0.6) is 0 Å². The van der Waals surface area contributed by atoms with Gasteiger partial charge in [-0.1, -0.05) is 22.0 Å². The molecule has 1 unspecified atom stereocenters. The number of fused-ring (bicyclic) bond motifs is 1. The lowest BCUT2D eigenvalue weighted by atomic mass is 10.1. The molecule has 2 aromatic rings. The molecule has 0 bridgehead atoms. The zero-order valence-corrected chi connectivity index (χ0v) is 13.8. The lowest BCUT2D eigenvalue weighted by Gasteiger charge is -2.14. The van der Waals surface area contributed by atoms with Crippen molar-refractivity contribution in [3.8, 4) is 0 Å². The number of halogens is 1. The second-order valence-electron chi connectivity index (χ2n) is 4.57. The fraction of sp³-hybridized carbons (Fsp3) is 0.286. The molecule has 1 aromatic carbocycles. The van der Waals surface area contributed by atoms with Crippen molar-refractivity contribution >= 4 is 50.5 Å². The molecule has 7 heteroatoms. The number of carboxylic acid groups (broad SMARTS) is 1. The summed E-state index contributed by atoms with van der Waals surface area (Å²) >= 11 is 4.83. The molecule has 5 nitrogen and oxygen atoms in total. The Morgan fingerprint density at radius 3 is 2.90 bits per heavy atom. The summed E-state index contributed by atoms with van der Waals surface area (Å²) in [6.07, 6.45) is 3.82. The molecule has 0 radical (unpaired) electrons. The number of hydrogen-bond donors (Lipinski definition) is 3. The van der Waals surface area contributed by atoms with Crippen LogP contribution >= 0.6 is 27.7 Å². The molecule has 1 atom stereocenters. The lowest BCUT2D eigenvalue weighted by Crippen LogP contribution is -2.43. The SMILES string of the molecule is CSCC(=O)NC(Cc1c[nH]c2cccc(Br)c12)C(=O)O. The van der Waals surface area contributed by atoms with Crippen LogP contribution in [0.15, 0.2) is 28.9 Å². The van der Waals surface area contributed by atoms with Gasteiger partial charge in [-0.15, -0.1) is 0 Å². The van der Waals surface area contributed by atoms with Gasteiger partial charge in [-0.3, -0.25) is 4.79 Å². The number of aliphatic carboxylic acids is 1. The molecule has 2 rings (SSSR count). The van der Waals surface area contributed by atoms with E-state index in [4.69, 9.17) is 0 Å². The number of carboxylic acids is 1. The molecule has 1 heterocycles. The van der Waals surface area contributed by atoms with Gasteiger partial charge in [0.2, 0.25) is 5.91 Å². The fourth-order valence-electron chi connectivity index (χ4n) is 2.16. The molecule has 3 N–H and O–H groups in total. The number of H-pyrrole nitrogens is 1.